The van der Waals surface area contributed by atoms with Gasteiger partial charge in [-0.05, 0) is 19.8 Å². The van der Waals surface area contributed by atoms with Crippen LogP contribution in [0.4, 0.5) is 0 Å². The van der Waals surface area contributed by atoms with Gasteiger partial charge in [-0.1, -0.05) is 27.2 Å². The second kappa shape index (κ2) is 7.64. The highest BCUT2D eigenvalue weighted by atomic mass is 16.5. The molecule has 0 aromatic heterocycles. The van der Waals surface area contributed by atoms with E-state index >= 15 is 0 Å². The molecule has 1 saturated carbocycles. The van der Waals surface area contributed by atoms with Crippen LogP contribution in [0, 0.1) is 11.3 Å². The standard InChI is InChI=1S/C18H30N2O4/c1-12(19-17(23)18(2,3)4)16(22)20-9-10-24-11-14(20)13-7-5-6-8-15(13)21/h12-14H,5-11H2,1-4H3,(H,19,23)/t12-,13+,14-/m0/s1. The monoisotopic (exact) mass is 338 g/mol. The van der Waals surface area contributed by atoms with E-state index < -0.39 is 11.5 Å². The number of hydrogen-bond donors (Lipinski definition) is 1. The van der Waals surface area contributed by atoms with Crippen molar-refractivity contribution in [2.75, 3.05) is 19.8 Å². The number of morpholine rings is 1. The van der Waals surface area contributed by atoms with Crippen LogP contribution >= 0.6 is 0 Å². The predicted molar refractivity (Wildman–Crippen MR) is 90.3 cm³/mol. The van der Waals surface area contributed by atoms with Crippen LogP contribution in [0.1, 0.15) is 53.4 Å². The summed E-state index contributed by atoms with van der Waals surface area (Å²) in [4.78, 5) is 39.0. The smallest absolute Gasteiger partial charge is 0.245 e. The van der Waals surface area contributed by atoms with Gasteiger partial charge in [0.15, 0.2) is 0 Å². The molecule has 2 rings (SSSR count). The summed E-state index contributed by atoms with van der Waals surface area (Å²) in [5.41, 5.74) is -0.543. The summed E-state index contributed by atoms with van der Waals surface area (Å²) in [5, 5.41) is 2.80. The fourth-order valence-corrected chi connectivity index (χ4v) is 3.37. The van der Waals surface area contributed by atoms with Crippen LogP contribution < -0.4 is 5.32 Å². The van der Waals surface area contributed by atoms with E-state index in [1.165, 1.54) is 0 Å². The van der Waals surface area contributed by atoms with E-state index in [2.05, 4.69) is 5.32 Å². The van der Waals surface area contributed by atoms with Gasteiger partial charge in [-0.25, -0.2) is 0 Å². The van der Waals surface area contributed by atoms with Gasteiger partial charge in [-0.15, -0.1) is 0 Å². The van der Waals surface area contributed by atoms with E-state index in [9.17, 15) is 14.4 Å². The Labute approximate surface area is 144 Å². The quantitative estimate of drug-likeness (QED) is 0.847. The van der Waals surface area contributed by atoms with Crippen LogP contribution in [0.25, 0.3) is 0 Å². The number of hydrogen-bond acceptors (Lipinski definition) is 4. The third kappa shape index (κ3) is 4.35. The Bertz CT molecular complexity index is 498. The number of rotatable bonds is 3. The minimum absolute atomic E-state index is 0.126. The van der Waals surface area contributed by atoms with Crippen LogP contribution in [-0.4, -0.2) is 54.3 Å². The van der Waals surface area contributed by atoms with E-state index in [0.717, 1.165) is 19.3 Å². The molecule has 2 fully saturated rings. The van der Waals surface area contributed by atoms with Crippen molar-refractivity contribution in [2.45, 2.75) is 65.5 Å². The summed E-state index contributed by atoms with van der Waals surface area (Å²) < 4.78 is 5.55. The molecule has 2 amide bonds. The average Bonchev–Trinajstić information content (AvgIpc) is 2.53. The number of ether oxygens (including phenoxy) is 1. The molecule has 136 valence electrons. The molecule has 0 aromatic carbocycles. The molecule has 0 bridgehead atoms. The van der Waals surface area contributed by atoms with Crippen molar-refractivity contribution < 1.29 is 19.1 Å². The Hall–Kier alpha value is -1.43. The fourth-order valence-electron chi connectivity index (χ4n) is 3.37. The molecule has 0 unspecified atom stereocenters. The maximum Gasteiger partial charge on any atom is 0.245 e. The Morgan fingerprint density at radius 2 is 2.00 bits per heavy atom. The first kappa shape index (κ1) is 18.9. The lowest BCUT2D eigenvalue weighted by Gasteiger charge is -2.42. The molecule has 1 aliphatic carbocycles. The van der Waals surface area contributed by atoms with Crippen molar-refractivity contribution >= 4 is 17.6 Å². The normalized spacial score (nSPS) is 26.8. The van der Waals surface area contributed by atoms with Gasteiger partial charge >= 0.3 is 0 Å². The number of Topliss-reactive ketones (excluding diaryl/α,β-unsaturated/α-hetero) is 1. The van der Waals surface area contributed by atoms with Crippen molar-refractivity contribution in [2.24, 2.45) is 11.3 Å². The van der Waals surface area contributed by atoms with Crippen LogP contribution in [0.3, 0.4) is 0 Å². The molecule has 24 heavy (non-hydrogen) atoms. The number of ketones is 1. The lowest BCUT2D eigenvalue weighted by atomic mass is 9.82. The van der Waals surface area contributed by atoms with Gasteiger partial charge in [-0.3, -0.25) is 14.4 Å². The summed E-state index contributed by atoms with van der Waals surface area (Å²) in [6.07, 6.45) is 3.37. The summed E-state index contributed by atoms with van der Waals surface area (Å²) >= 11 is 0. The summed E-state index contributed by atoms with van der Waals surface area (Å²) in [7, 11) is 0. The number of carbonyl (C=O) groups is 3. The van der Waals surface area contributed by atoms with Gasteiger partial charge < -0.3 is 15.0 Å². The van der Waals surface area contributed by atoms with E-state index in [-0.39, 0.29) is 29.6 Å². The minimum atomic E-state index is -0.601. The Kier molecular flexibility index (Phi) is 6.01. The molecule has 0 spiro atoms. The van der Waals surface area contributed by atoms with Crippen molar-refractivity contribution in [1.82, 2.24) is 10.2 Å². The van der Waals surface area contributed by atoms with Crippen molar-refractivity contribution in [3.63, 3.8) is 0 Å². The molecule has 2 aliphatic rings. The van der Waals surface area contributed by atoms with E-state index in [4.69, 9.17) is 4.74 Å². The first-order valence-corrected chi connectivity index (χ1v) is 8.93. The first-order chi connectivity index (χ1) is 11.2. The average molecular weight is 338 g/mol. The van der Waals surface area contributed by atoms with Crippen molar-refractivity contribution in [3.05, 3.63) is 0 Å². The van der Waals surface area contributed by atoms with Crippen LogP contribution in [0.15, 0.2) is 0 Å². The van der Waals surface area contributed by atoms with Gasteiger partial charge in [-0.2, -0.15) is 0 Å². The molecule has 3 atom stereocenters. The van der Waals surface area contributed by atoms with Crippen LogP contribution in [0.2, 0.25) is 0 Å². The lowest BCUT2D eigenvalue weighted by Crippen LogP contribution is -2.59. The molecule has 1 saturated heterocycles. The first-order valence-electron chi connectivity index (χ1n) is 8.93. The largest absolute Gasteiger partial charge is 0.377 e. The van der Waals surface area contributed by atoms with Crippen molar-refractivity contribution in [1.29, 1.82) is 0 Å². The molecule has 1 N–H and O–H groups in total. The Morgan fingerprint density at radius 3 is 2.62 bits per heavy atom. The molecular weight excluding hydrogens is 308 g/mol. The predicted octanol–water partition coefficient (Wildman–Crippen LogP) is 1.52. The summed E-state index contributed by atoms with van der Waals surface area (Å²) in [5.74, 6) is -0.171. The van der Waals surface area contributed by atoms with E-state index in [1.54, 1.807) is 11.8 Å². The highest BCUT2D eigenvalue weighted by Gasteiger charge is 2.39. The molecular formula is C18H30N2O4. The van der Waals surface area contributed by atoms with Crippen LogP contribution in [-0.2, 0) is 19.1 Å². The van der Waals surface area contributed by atoms with Gasteiger partial charge in [0.1, 0.15) is 11.8 Å². The molecule has 0 radical (unpaired) electrons. The maximum atomic E-state index is 12.9. The fraction of sp³-hybridized carbons (Fsp3) is 0.833. The van der Waals surface area contributed by atoms with Gasteiger partial charge in [0.25, 0.3) is 0 Å². The molecule has 6 nitrogen and oxygen atoms in total. The lowest BCUT2D eigenvalue weighted by molar-refractivity contribution is -0.149. The number of carbonyl (C=O) groups excluding carboxylic acids is 3. The third-order valence-electron chi connectivity index (χ3n) is 4.91. The Morgan fingerprint density at radius 1 is 1.29 bits per heavy atom. The molecule has 1 heterocycles. The highest BCUT2D eigenvalue weighted by Crippen LogP contribution is 2.28. The zero-order valence-electron chi connectivity index (χ0n) is 15.3. The van der Waals surface area contributed by atoms with Gasteiger partial charge in [0, 0.05) is 24.3 Å². The maximum absolute atomic E-state index is 12.9. The SMILES string of the molecule is C[C@H](NC(=O)C(C)(C)C)C(=O)N1CCOC[C@H]1[C@H]1CCCCC1=O. The second-order valence-electron chi connectivity index (χ2n) is 7.94. The van der Waals surface area contributed by atoms with Crippen molar-refractivity contribution in [3.8, 4) is 0 Å². The molecule has 6 heteroatoms. The molecule has 1 aliphatic heterocycles. The van der Waals surface area contributed by atoms with E-state index in [1.807, 2.05) is 20.8 Å². The summed E-state index contributed by atoms with van der Waals surface area (Å²) in [6.45, 7) is 8.52. The third-order valence-corrected chi connectivity index (χ3v) is 4.91. The van der Waals surface area contributed by atoms with Crippen LogP contribution in [0.5, 0.6) is 0 Å². The zero-order chi connectivity index (χ0) is 17.9. The number of nitrogens with one attached hydrogen (secondary N) is 1. The number of amides is 2. The highest BCUT2D eigenvalue weighted by molar-refractivity contribution is 5.90. The summed E-state index contributed by atoms with van der Waals surface area (Å²) in [6, 6.07) is -0.802. The minimum Gasteiger partial charge on any atom is -0.377 e. The van der Waals surface area contributed by atoms with Gasteiger partial charge in [0.05, 0.1) is 19.3 Å². The zero-order valence-corrected chi connectivity index (χ0v) is 15.3. The second-order valence-corrected chi connectivity index (χ2v) is 7.94. The Balaban J connectivity index is 2.07. The topological polar surface area (TPSA) is 75.7 Å². The van der Waals surface area contributed by atoms with E-state index in [0.29, 0.717) is 26.2 Å². The number of nitrogens with zero attached hydrogens (tertiary/aromatic N) is 1. The van der Waals surface area contributed by atoms with Gasteiger partial charge in [0.2, 0.25) is 11.8 Å². The molecule has 0 aromatic rings.